The molecule has 4 nitrogen and oxygen atoms in total. The number of hydrogen-bond donors (Lipinski definition) is 2. The molecule has 1 unspecified atom stereocenters. The van der Waals surface area contributed by atoms with E-state index in [0.29, 0.717) is 11.6 Å². The van der Waals surface area contributed by atoms with Gasteiger partial charge in [-0.15, -0.1) is 0 Å². The molecule has 2 rings (SSSR count). The lowest BCUT2D eigenvalue weighted by Crippen LogP contribution is -2.23. The molecule has 1 aromatic heterocycles. The highest BCUT2D eigenvalue weighted by atomic mass is 79.9. The van der Waals surface area contributed by atoms with E-state index >= 15 is 0 Å². The van der Waals surface area contributed by atoms with Crippen molar-refractivity contribution in [1.29, 1.82) is 0 Å². The van der Waals surface area contributed by atoms with Gasteiger partial charge in [-0.1, -0.05) is 11.6 Å². The Balaban J connectivity index is 2.21. The van der Waals surface area contributed by atoms with Gasteiger partial charge in [0.05, 0.1) is 29.3 Å². The molecule has 0 radical (unpaired) electrons. The average molecular weight is 344 g/mol. The van der Waals surface area contributed by atoms with Crippen molar-refractivity contribution in [2.24, 2.45) is 5.73 Å². The van der Waals surface area contributed by atoms with Gasteiger partial charge in [0.1, 0.15) is 0 Å². The Hall–Kier alpha value is -1.04. The van der Waals surface area contributed by atoms with Crippen LogP contribution in [-0.2, 0) is 6.54 Å². The lowest BCUT2D eigenvalue weighted by atomic mass is 10.2. The Labute approximate surface area is 126 Å². The van der Waals surface area contributed by atoms with E-state index in [2.05, 4.69) is 37.7 Å². The predicted molar refractivity (Wildman–Crippen MR) is 82.5 cm³/mol. The highest BCUT2D eigenvalue weighted by molar-refractivity contribution is 9.10. The highest BCUT2D eigenvalue weighted by Gasteiger charge is 2.14. The second kappa shape index (κ2) is 6.41. The Morgan fingerprint density at radius 3 is 2.95 bits per heavy atom. The number of hydrogen-bond acceptors (Lipinski definition) is 3. The molecule has 1 heterocycles. The lowest BCUT2D eigenvalue weighted by molar-refractivity contribution is 0.654. The van der Waals surface area contributed by atoms with E-state index in [9.17, 15) is 0 Å². The maximum Gasteiger partial charge on any atom is 0.0948 e. The number of aromatic nitrogens is 2. The van der Waals surface area contributed by atoms with Crippen LogP contribution in [0.5, 0.6) is 0 Å². The molecule has 0 saturated heterocycles. The molecular formula is C13H16BrClN4. The number of rotatable bonds is 5. The van der Waals surface area contributed by atoms with Crippen molar-refractivity contribution < 1.29 is 0 Å². The highest BCUT2D eigenvalue weighted by Crippen LogP contribution is 2.27. The molecule has 0 spiro atoms. The van der Waals surface area contributed by atoms with E-state index in [1.807, 2.05) is 30.7 Å². The Morgan fingerprint density at radius 1 is 1.53 bits per heavy atom. The van der Waals surface area contributed by atoms with Crippen LogP contribution in [0, 0.1) is 0 Å². The summed E-state index contributed by atoms with van der Waals surface area (Å²) in [5, 5.41) is 4.05. The van der Waals surface area contributed by atoms with Gasteiger partial charge >= 0.3 is 0 Å². The first-order valence-electron chi connectivity index (χ1n) is 6.07. The van der Waals surface area contributed by atoms with Crippen LogP contribution in [0.3, 0.4) is 0 Å². The SMILES string of the molecule is CCn1cncc1C(CN)Nc1ccc(Br)c(Cl)c1. The van der Waals surface area contributed by atoms with Gasteiger partial charge in [-0.2, -0.15) is 0 Å². The van der Waals surface area contributed by atoms with Gasteiger partial charge in [-0.3, -0.25) is 0 Å². The van der Waals surface area contributed by atoms with Gasteiger partial charge in [0.2, 0.25) is 0 Å². The van der Waals surface area contributed by atoms with Gasteiger partial charge in [0.15, 0.2) is 0 Å². The van der Waals surface area contributed by atoms with Crippen molar-refractivity contribution in [3.8, 4) is 0 Å². The first-order valence-corrected chi connectivity index (χ1v) is 7.24. The molecular weight excluding hydrogens is 328 g/mol. The zero-order valence-corrected chi connectivity index (χ0v) is 12.9. The number of nitrogens with zero attached hydrogens (tertiary/aromatic N) is 2. The number of halogens is 2. The summed E-state index contributed by atoms with van der Waals surface area (Å²) in [6.45, 7) is 3.43. The first-order chi connectivity index (χ1) is 9.15. The number of nitrogens with one attached hydrogen (secondary N) is 1. The third kappa shape index (κ3) is 3.29. The van der Waals surface area contributed by atoms with Crippen molar-refractivity contribution in [2.75, 3.05) is 11.9 Å². The first kappa shape index (κ1) is 14.4. The van der Waals surface area contributed by atoms with Crippen LogP contribution in [-0.4, -0.2) is 16.1 Å². The normalized spacial score (nSPS) is 12.4. The van der Waals surface area contributed by atoms with Gasteiger partial charge in [0.25, 0.3) is 0 Å². The second-order valence-corrected chi connectivity index (χ2v) is 5.43. The predicted octanol–water partition coefficient (Wildman–Crippen LogP) is 3.43. The molecule has 0 amide bonds. The van der Waals surface area contributed by atoms with Gasteiger partial charge in [-0.05, 0) is 41.1 Å². The van der Waals surface area contributed by atoms with Crippen LogP contribution in [0.1, 0.15) is 18.7 Å². The number of nitrogens with two attached hydrogens (primary N) is 1. The number of anilines is 1. The number of aryl methyl sites for hydroxylation is 1. The molecule has 0 aliphatic carbocycles. The Morgan fingerprint density at radius 2 is 2.32 bits per heavy atom. The summed E-state index contributed by atoms with van der Waals surface area (Å²) in [5.74, 6) is 0. The van der Waals surface area contributed by atoms with Gasteiger partial charge in [-0.25, -0.2) is 4.98 Å². The van der Waals surface area contributed by atoms with Crippen molar-refractivity contribution >= 4 is 33.2 Å². The summed E-state index contributed by atoms with van der Waals surface area (Å²) < 4.78 is 2.95. The van der Waals surface area contributed by atoms with E-state index < -0.39 is 0 Å². The minimum Gasteiger partial charge on any atom is -0.375 e. The lowest BCUT2D eigenvalue weighted by Gasteiger charge is -2.19. The minimum absolute atomic E-state index is 0.0136. The van der Waals surface area contributed by atoms with E-state index in [-0.39, 0.29) is 6.04 Å². The monoisotopic (exact) mass is 342 g/mol. The fraction of sp³-hybridized carbons (Fsp3) is 0.308. The van der Waals surface area contributed by atoms with Crippen LogP contribution in [0.4, 0.5) is 5.69 Å². The van der Waals surface area contributed by atoms with Crippen LogP contribution < -0.4 is 11.1 Å². The van der Waals surface area contributed by atoms with Crippen molar-refractivity contribution in [3.05, 3.63) is 45.9 Å². The summed E-state index contributed by atoms with van der Waals surface area (Å²) in [4.78, 5) is 4.17. The fourth-order valence-electron chi connectivity index (χ4n) is 1.93. The second-order valence-electron chi connectivity index (χ2n) is 4.17. The smallest absolute Gasteiger partial charge is 0.0948 e. The van der Waals surface area contributed by atoms with E-state index in [1.54, 1.807) is 0 Å². The van der Waals surface area contributed by atoms with Crippen LogP contribution >= 0.6 is 27.5 Å². The molecule has 1 aromatic carbocycles. The van der Waals surface area contributed by atoms with E-state index in [1.165, 1.54) is 0 Å². The molecule has 0 fully saturated rings. The molecule has 0 saturated carbocycles. The quantitative estimate of drug-likeness (QED) is 0.874. The topological polar surface area (TPSA) is 55.9 Å². The third-order valence-corrected chi connectivity index (χ3v) is 4.17. The van der Waals surface area contributed by atoms with Crippen molar-refractivity contribution in [3.63, 3.8) is 0 Å². The van der Waals surface area contributed by atoms with Crippen molar-refractivity contribution in [1.82, 2.24) is 9.55 Å². The maximum absolute atomic E-state index is 6.09. The van der Waals surface area contributed by atoms with Gasteiger partial charge in [0, 0.05) is 23.2 Å². The van der Waals surface area contributed by atoms with Crippen LogP contribution in [0.15, 0.2) is 35.2 Å². The number of imidazole rings is 1. The molecule has 0 bridgehead atoms. The molecule has 6 heteroatoms. The van der Waals surface area contributed by atoms with E-state index in [4.69, 9.17) is 17.3 Å². The van der Waals surface area contributed by atoms with Gasteiger partial charge < -0.3 is 15.6 Å². The minimum atomic E-state index is 0.0136. The molecule has 2 aromatic rings. The Bertz CT molecular complexity index is 555. The van der Waals surface area contributed by atoms with Crippen LogP contribution in [0.25, 0.3) is 0 Å². The third-order valence-electron chi connectivity index (χ3n) is 2.94. The Kier molecular flexibility index (Phi) is 4.85. The summed E-state index contributed by atoms with van der Waals surface area (Å²) >= 11 is 9.46. The molecule has 3 N–H and O–H groups in total. The summed E-state index contributed by atoms with van der Waals surface area (Å²) in [6, 6.07) is 5.77. The molecule has 0 aliphatic rings. The van der Waals surface area contributed by atoms with Crippen molar-refractivity contribution in [2.45, 2.75) is 19.5 Å². The standard InChI is InChI=1S/C13H16BrClN4/c1-2-19-8-17-7-13(19)12(6-16)18-9-3-4-10(14)11(15)5-9/h3-5,7-8,12,18H,2,6,16H2,1H3. The fourth-order valence-corrected chi connectivity index (χ4v) is 2.35. The molecule has 1 atom stereocenters. The molecule has 102 valence electrons. The molecule has 19 heavy (non-hydrogen) atoms. The summed E-state index contributed by atoms with van der Waals surface area (Å²) in [6.07, 6.45) is 3.66. The maximum atomic E-state index is 6.09. The molecule has 0 aliphatic heterocycles. The number of benzene rings is 1. The zero-order valence-electron chi connectivity index (χ0n) is 10.6. The van der Waals surface area contributed by atoms with E-state index in [0.717, 1.165) is 22.4 Å². The zero-order chi connectivity index (χ0) is 13.8. The van der Waals surface area contributed by atoms with Crippen LogP contribution in [0.2, 0.25) is 5.02 Å². The summed E-state index contributed by atoms with van der Waals surface area (Å²) in [7, 11) is 0. The summed E-state index contributed by atoms with van der Waals surface area (Å²) in [5.41, 5.74) is 7.87. The largest absolute Gasteiger partial charge is 0.375 e. The average Bonchev–Trinajstić information content (AvgIpc) is 2.88.